The molecule has 38 heavy (non-hydrogen) atoms. The number of thioether (sulfide) groups is 1. The molecule has 2 aliphatic heterocycles. The highest BCUT2D eigenvalue weighted by atomic mass is 32.2. The number of fused-ring (bicyclic) bond motifs is 1. The monoisotopic (exact) mass is 529 g/mol. The number of aryl methyl sites for hydroxylation is 1. The van der Waals surface area contributed by atoms with Gasteiger partial charge in [0.1, 0.15) is 5.75 Å². The van der Waals surface area contributed by atoms with Crippen LogP contribution in [0, 0.1) is 0 Å². The van der Waals surface area contributed by atoms with Gasteiger partial charge in [-0.15, -0.1) is 11.8 Å². The molecule has 1 saturated heterocycles. The van der Waals surface area contributed by atoms with E-state index in [2.05, 4.69) is 17.1 Å². The summed E-state index contributed by atoms with van der Waals surface area (Å²) in [5.74, 6) is 2.15. The second kappa shape index (κ2) is 13.0. The zero-order valence-corrected chi connectivity index (χ0v) is 22.6. The number of benzene rings is 2. The van der Waals surface area contributed by atoms with Crippen molar-refractivity contribution >= 4 is 29.3 Å². The van der Waals surface area contributed by atoms with Crippen molar-refractivity contribution in [3.8, 4) is 5.75 Å². The Hall–Kier alpha value is -3.32. The van der Waals surface area contributed by atoms with Crippen LogP contribution < -0.4 is 9.64 Å². The fourth-order valence-corrected chi connectivity index (χ4v) is 6.15. The number of nitrogens with zero attached hydrogens (tertiary/aromatic N) is 3. The third-order valence-corrected chi connectivity index (χ3v) is 8.42. The largest absolute Gasteiger partial charge is 0.494 e. The molecule has 6 nitrogen and oxygen atoms in total. The first-order valence-electron chi connectivity index (χ1n) is 13.6. The van der Waals surface area contributed by atoms with Gasteiger partial charge in [0.2, 0.25) is 5.91 Å². The second-order valence-electron chi connectivity index (χ2n) is 9.88. The van der Waals surface area contributed by atoms with Crippen molar-refractivity contribution in [2.24, 2.45) is 0 Å². The van der Waals surface area contributed by atoms with Crippen LogP contribution >= 0.6 is 11.8 Å². The van der Waals surface area contributed by atoms with Gasteiger partial charge in [-0.25, -0.2) is 0 Å². The summed E-state index contributed by atoms with van der Waals surface area (Å²) in [6.45, 7) is 2.00. The summed E-state index contributed by atoms with van der Waals surface area (Å²) in [4.78, 5) is 35.1. The second-order valence-corrected chi connectivity index (χ2v) is 11.0. The van der Waals surface area contributed by atoms with E-state index in [0.29, 0.717) is 31.7 Å². The van der Waals surface area contributed by atoms with Crippen LogP contribution in [0.4, 0.5) is 5.69 Å². The number of para-hydroxylation sites is 1. The lowest BCUT2D eigenvalue weighted by atomic mass is 9.95. The number of piperidine rings is 1. The summed E-state index contributed by atoms with van der Waals surface area (Å²) in [6.07, 6.45) is 9.92. The Morgan fingerprint density at radius 1 is 0.921 bits per heavy atom. The van der Waals surface area contributed by atoms with Crippen molar-refractivity contribution < 1.29 is 14.3 Å². The Kier molecular flexibility index (Phi) is 8.97. The molecule has 3 aromatic rings. The maximum absolute atomic E-state index is 13.1. The van der Waals surface area contributed by atoms with E-state index in [1.165, 1.54) is 10.5 Å². The molecule has 0 radical (unpaired) electrons. The van der Waals surface area contributed by atoms with Crippen molar-refractivity contribution in [3.63, 3.8) is 0 Å². The highest BCUT2D eigenvalue weighted by Gasteiger charge is 2.33. The maximum Gasteiger partial charge on any atom is 0.253 e. The molecule has 2 aliphatic rings. The number of amides is 2. The minimum atomic E-state index is 0.0482. The van der Waals surface area contributed by atoms with Crippen molar-refractivity contribution in [1.29, 1.82) is 0 Å². The molecule has 0 bridgehead atoms. The number of carbonyl (C=O) groups is 2. The maximum atomic E-state index is 13.1. The number of anilines is 1. The highest BCUT2D eigenvalue weighted by Crippen LogP contribution is 2.32. The summed E-state index contributed by atoms with van der Waals surface area (Å²) < 4.78 is 5.89. The van der Waals surface area contributed by atoms with Crippen molar-refractivity contribution in [3.05, 3.63) is 84.2 Å². The number of pyridine rings is 1. The van der Waals surface area contributed by atoms with Gasteiger partial charge in [-0.05, 0) is 92.3 Å². The normalized spacial score (nSPS) is 15.8. The lowest BCUT2D eigenvalue weighted by molar-refractivity contribution is -0.119. The molecule has 0 saturated carbocycles. The average molecular weight is 530 g/mol. The molecule has 3 heterocycles. The zero-order chi connectivity index (χ0) is 26.2. The molecule has 198 valence electrons. The van der Waals surface area contributed by atoms with Gasteiger partial charge in [-0.3, -0.25) is 14.6 Å². The number of unbranched alkanes of at least 4 members (excludes halogenated alkanes) is 2. The smallest absolute Gasteiger partial charge is 0.253 e. The molecule has 0 atom stereocenters. The summed E-state index contributed by atoms with van der Waals surface area (Å²) in [6, 6.07) is 19.9. The molecular weight excluding hydrogens is 494 g/mol. The Morgan fingerprint density at radius 3 is 2.47 bits per heavy atom. The number of rotatable bonds is 10. The number of ether oxygens (including phenoxy) is 1. The van der Waals surface area contributed by atoms with E-state index in [1.807, 2.05) is 82.5 Å². The van der Waals surface area contributed by atoms with Crippen LogP contribution in [0.2, 0.25) is 0 Å². The Labute approximate surface area is 229 Å². The number of likely N-dealkylation sites (tertiary alicyclic amines) is 1. The number of aromatic nitrogens is 1. The predicted molar refractivity (Wildman–Crippen MR) is 152 cm³/mol. The van der Waals surface area contributed by atoms with Crippen molar-refractivity contribution in [1.82, 2.24) is 9.88 Å². The lowest BCUT2D eigenvalue weighted by Gasteiger charge is -2.41. The summed E-state index contributed by atoms with van der Waals surface area (Å²) in [5.41, 5.74) is 2.98. The van der Waals surface area contributed by atoms with Gasteiger partial charge in [0.25, 0.3) is 5.91 Å². The lowest BCUT2D eigenvalue weighted by Crippen LogP contribution is -2.50. The standard InChI is InChI=1S/C31H35N3O3S/c35-30-13-10-24-6-2-3-7-29(24)34(30)26-16-20-33(21-17-26)31(36)25-8-11-27(12-9-25)37-22-4-1-5-23-38-28-14-18-32-19-15-28/h2-3,6-9,11-12,14-15,18-19,26H,1,4-5,10,13,16-17,20-23H2. The molecular formula is C31H35N3O3S. The Morgan fingerprint density at radius 2 is 1.68 bits per heavy atom. The molecule has 7 heteroatoms. The van der Waals surface area contributed by atoms with Crippen LogP contribution in [0.15, 0.2) is 78.0 Å². The molecule has 0 spiro atoms. The number of hydrogen-bond acceptors (Lipinski definition) is 5. The summed E-state index contributed by atoms with van der Waals surface area (Å²) >= 11 is 1.86. The fourth-order valence-electron chi connectivity index (χ4n) is 5.25. The van der Waals surface area contributed by atoms with Gasteiger partial charge in [0, 0.05) is 54.1 Å². The quantitative estimate of drug-likeness (QED) is 0.238. The summed E-state index contributed by atoms with van der Waals surface area (Å²) in [5, 5.41) is 0. The molecule has 0 unspecified atom stereocenters. The topological polar surface area (TPSA) is 62.7 Å². The Bertz CT molecular complexity index is 1210. The van der Waals surface area contributed by atoms with Gasteiger partial charge in [0.05, 0.1) is 6.61 Å². The van der Waals surface area contributed by atoms with Crippen LogP contribution in [0.3, 0.4) is 0 Å². The van der Waals surface area contributed by atoms with E-state index in [9.17, 15) is 9.59 Å². The molecule has 2 amide bonds. The zero-order valence-electron chi connectivity index (χ0n) is 21.8. The Balaban J connectivity index is 1.03. The van der Waals surface area contributed by atoms with E-state index in [1.54, 1.807) is 0 Å². The van der Waals surface area contributed by atoms with E-state index in [0.717, 1.165) is 55.7 Å². The minimum absolute atomic E-state index is 0.0482. The SMILES string of the molecule is O=C(c1ccc(OCCCCCSc2ccncc2)cc1)N1CCC(N2C(=O)CCc3ccccc32)CC1. The van der Waals surface area contributed by atoms with Gasteiger partial charge >= 0.3 is 0 Å². The van der Waals surface area contributed by atoms with Crippen LogP contribution in [0.5, 0.6) is 5.75 Å². The third kappa shape index (κ3) is 6.57. The molecule has 1 fully saturated rings. The van der Waals surface area contributed by atoms with E-state index >= 15 is 0 Å². The van der Waals surface area contributed by atoms with Crippen LogP contribution in [-0.2, 0) is 11.2 Å². The number of carbonyl (C=O) groups excluding carboxylic acids is 2. The highest BCUT2D eigenvalue weighted by molar-refractivity contribution is 7.99. The third-order valence-electron chi connectivity index (χ3n) is 7.32. The first-order chi connectivity index (χ1) is 18.7. The summed E-state index contributed by atoms with van der Waals surface area (Å²) in [7, 11) is 0. The first kappa shape index (κ1) is 26.3. The minimum Gasteiger partial charge on any atom is -0.494 e. The van der Waals surface area contributed by atoms with Crippen molar-refractivity contribution in [2.45, 2.75) is 55.9 Å². The molecule has 5 rings (SSSR count). The fraction of sp³-hybridized carbons (Fsp3) is 0.387. The average Bonchev–Trinajstić information content (AvgIpc) is 2.97. The van der Waals surface area contributed by atoms with E-state index in [-0.39, 0.29) is 17.9 Å². The van der Waals surface area contributed by atoms with Gasteiger partial charge in [0.15, 0.2) is 0 Å². The predicted octanol–water partition coefficient (Wildman–Crippen LogP) is 6.01. The number of hydrogen-bond donors (Lipinski definition) is 0. The molecule has 2 aromatic carbocycles. The van der Waals surface area contributed by atoms with Crippen LogP contribution in [0.1, 0.15) is 54.4 Å². The van der Waals surface area contributed by atoms with Crippen LogP contribution in [0.25, 0.3) is 0 Å². The molecule has 1 aromatic heterocycles. The van der Waals surface area contributed by atoms with Gasteiger partial charge < -0.3 is 14.5 Å². The molecule has 0 N–H and O–H groups in total. The van der Waals surface area contributed by atoms with Crippen LogP contribution in [-0.4, -0.2) is 53.2 Å². The van der Waals surface area contributed by atoms with E-state index < -0.39 is 0 Å². The van der Waals surface area contributed by atoms with Gasteiger partial charge in [-0.2, -0.15) is 0 Å². The van der Waals surface area contributed by atoms with Gasteiger partial charge in [-0.1, -0.05) is 18.2 Å². The first-order valence-corrected chi connectivity index (χ1v) is 14.6. The van der Waals surface area contributed by atoms with E-state index in [4.69, 9.17) is 4.74 Å². The van der Waals surface area contributed by atoms with Crippen molar-refractivity contribution in [2.75, 3.05) is 30.3 Å². The molecule has 0 aliphatic carbocycles.